The van der Waals surface area contributed by atoms with E-state index in [-0.39, 0.29) is 18.0 Å². The highest BCUT2D eigenvalue weighted by molar-refractivity contribution is 5.77. The zero-order valence-electron chi connectivity index (χ0n) is 14.1. The number of pyridine rings is 1. The highest BCUT2D eigenvalue weighted by atomic mass is 19.4. The first-order valence-corrected chi connectivity index (χ1v) is 7.75. The number of para-hydroxylation sites is 1. The number of amides is 1. The van der Waals surface area contributed by atoms with Crippen molar-refractivity contribution in [3.63, 3.8) is 0 Å². The molecular weight excluding hydrogens is 394 g/mol. The van der Waals surface area contributed by atoms with Crippen LogP contribution in [0.15, 0.2) is 42.6 Å². The van der Waals surface area contributed by atoms with Gasteiger partial charge in [0.25, 0.3) is 5.91 Å². The molecule has 1 amide bonds. The summed E-state index contributed by atoms with van der Waals surface area (Å²) >= 11 is 0. The van der Waals surface area contributed by atoms with Crippen molar-refractivity contribution >= 4 is 5.91 Å². The molecule has 0 unspecified atom stereocenters. The van der Waals surface area contributed by atoms with E-state index in [1.54, 1.807) is 0 Å². The fourth-order valence-corrected chi connectivity index (χ4v) is 2.05. The summed E-state index contributed by atoms with van der Waals surface area (Å²) in [7, 11) is 0. The van der Waals surface area contributed by atoms with Crippen LogP contribution in [-0.4, -0.2) is 30.3 Å². The van der Waals surface area contributed by atoms with Crippen molar-refractivity contribution in [3.8, 4) is 11.6 Å². The number of aromatic nitrogens is 1. The van der Waals surface area contributed by atoms with Crippen LogP contribution in [0.3, 0.4) is 0 Å². The molecule has 0 aliphatic heterocycles. The topological polar surface area (TPSA) is 60.5 Å². The Hall–Kier alpha value is -2.98. The molecule has 0 aliphatic rings. The second-order valence-electron chi connectivity index (χ2n) is 5.43. The van der Waals surface area contributed by atoms with Crippen LogP contribution in [0.4, 0.5) is 26.3 Å². The van der Waals surface area contributed by atoms with E-state index in [0.29, 0.717) is 0 Å². The van der Waals surface area contributed by atoms with Gasteiger partial charge in [0.15, 0.2) is 13.2 Å². The van der Waals surface area contributed by atoms with Gasteiger partial charge < -0.3 is 14.8 Å². The molecule has 1 aromatic heterocycles. The summed E-state index contributed by atoms with van der Waals surface area (Å²) in [6.07, 6.45) is -7.99. The lowest BCUT2D eigenvalue weighted by Gasteiger charge is -2.14. The SMILES string of the molecule is O=C(COc1ccccc1C(F)(F)F)NCc1cccnc1OCC(F)(F)F. The number of hydrogen-bond donors (Lipinski definition) is 1. The third-order valence-corrected chi connectivity index (χ3v) is 3.25. The van der Waals surface area contributed by atoms with Crippen molar-refractivity contribution < 1.29 is 40.6 Å². The molecule has 5 nitrogen and oxygen atoms in total. The summed E-state index contributed by atoms with van der Waals surface area (Å²) < 4.78 is 84.8. The molecule has 152 valence electrons. The average Bonchev–Trinajstić information content (AvgIpc) is 2.62. The molecule has 0 bridgehead atoms. The monoisotopic (exact) mass is 408 g/mol. The van der Waals surface area contributed by atoms with E-state index in [4.69, 9.17) is 4.74 Å². The van der Waals surface area contributed by atoms with Gasteiger partial charge in [-0.05, 0) is 18.2 Å². The number of hydrogen-bond acceptors (Lipinski definition) is 4. The fourth-order valence-electron chi connectivity index (χ4n) is 2.05. The minimum atomic E-state index is -4.65. The Balaban J connectivity index is 1.92. The molecule has 0 fully saturated rings. The first-order chi connectivity index (χ1) is 13.1. The van der Waals surface area contributed by atoms with E-state index in [2.05, 4.69) is 15.0 Å². The van der Waals surface area contributed by atoms with Gasteiger partial charge in [-0.25, -0.2) is 4.98 Å². The number of halogens is 6. The fraction of sp³-hybridized carbons (Fsp3) is 0.294. The zero-order valence-corrected chi connectivity index (χ0v) is 14.1. The van der Waals surface area contributed by atoms with Crippen molar-refractivity contribution in [2.24, 2.45) is 0 Å². The summed E-state index contributed by atoms with van der Waals surface area (Å²) in [5.41, 5.74) is -0.867. The van der Waals surface area contributed by atoms with E-state index >= 15 is 0 Å². The van der Waals surface area contributed by atoms with Crippen molar-refractivity contribution in [1.29, 1.82) is 0 Å². The molecule has 1 N–H and O–H groups in total. The van der Waals surface area contributed by atoms with Crippen LogP contribution >= 0.6 is 0 Å². The number of carbonyl (C=O) groups is 1. The third-order valence-electron chi connectivity index (χ3n) is 3.25. The molecule has 0 saturated carbocycles. The quantitative estimate of drug-likeness (QED) is 0.710. The number of carbonyl (C=O) groups excluding carboxylic acids is 1. The molecule has 0 aliphatic carbocycles. The van der Waals surface area contributed by atoms with E-state index in [9.17, 15) is 31.1 Å². The number of rotatable bonds is 7. The van der Waals surface area contributed by atoms with Crippen molar-refractivity contribution in [1.82, 2.24) is 10.3 Å². The highest BCUT2D eigenvalue weighted by Gasteiger charge is 2.34. The Morgan fingerprint density at radius 3 is 2.39 bits per heavy atom. The first-order valence-electron chi connectivity index (χ1n) is 7.75. The lowest BCUT2D eigenvalue weighted by molar-refractivity contribution is -0.154. The lowest BCUT2D eigenvalue weighted by atomic mass is 10.2. The molecular formula is C17H14F6N2O3. The molecule has 1 aromatic carbocycles. The molecule has 0 spiro atoms. The van der Waals surface area contributed by atoms with Gasteiger partial charge in [0.2, 0.25) is 5.88 Å². The summed E-state index contributed by atoms with van der Waals surface area (Å²) in [6.45, 7) is -2.52. The van der Waals surface area contributed by atoms with Gasteiger partial charge in [-0.1, -0.05) is 18.2 Å². The molecule has 0 atom stereocenters. The van der Waals surface area contributed by atoms with Crippen molar-refractivity contribution in [3.05, 3.63) is 53.7 Å². The molecule has 2 rings (SSSR count). The largest absolute Gasteiger partial charge is 0.483 e. The maximum atomic E-state index is 12.9. The normalized spacial score (nSPS) is 11.8. The number of benzene rings is 1. The Bertz CT molecular complexity index is 808. The Morgan fingerprint density at radius 1 is 1.00 bits per heavy atom. The van der Waals surface area contributed by atoms with Gasteiger partial charge in [0, 0.05) is 18.3 Å². The van der Waals surface area contributed by atoms with Crippen molar-refractivity contribution in [2.45, 2.75) is 18.9 Å². The maximum absolute atomic E-state index is 12.9. The molecule has 0 radical (unpaired) electrons. The predicted octanol–water partition coefficient (Wildman–Crippen LogP) is 3.74. The van der Waals surface area contributed by atoms with Gasteiger partial charge >= 0.3 is 12.4 Å². The van der Waals surface area contributed by atoms with Gasteiger partial charge in [-0.2, -0.15) is 26.3 Å². The Labute approximate surface area is 155 Å². The summed E-state index contributed by atoms with van der Waals surface area (Å²) in [6, 6.07) is 7.20. The highest BCUT2D eigenvalue weighted by Crippen LogP contribution is 2.35. The standard InChI is InChI=1S/C17H14F6N2O3/c18-16(19,20)10-28-15-11(4-3-7-24-15)8-25-14(26)9-27-13-6-2-1-5-12(13)17(21,22)23/h1-7H,8-10H2,(H,25,26). The van der Waals surface area contributed by atoms with Crippen LogP contribution in [0.25, 0.3) is 0 Å². The third kappa shape index (κ3) is 6.63. The van der Waals surface area contributed by atoms with Crippen LogP contribution in [-0.2, 0) is 17.5 Å². The predicted molar refractivity (Wildman–Crippen MR) is 84.6 cm³/mol. The van der Waals surface area contributed by atoms with E-state index in [0.717, 1.165) is 12.1 Å². The minimum Gasteiger partial charge on any atom is -0.483 e. The van der Waals surface area contributed by atoms with Gasteiger partial charge in [-0.15, -0.1) is 0 Å². The van der Waals surface area contributed by atoms with Crippen LogP contribution in [0, 0.1) is 0 Å². The summed E-state index contributed by atoms with van der Waals surface area (Å²) in [5.74, 6) is -1.60. The Morgan fingerprint density at radius 2 is 1.71 bits per heavy atom. The van der Waals surface area contributed by atoms with Crippen LogP contribution in [0.1, 0.15) is 11.1 Å². The lowest BCUT2D eigenvalue weighted by Crippen LogP contribution is -2.29. The summed E-state index contributed by atoms with van der Waals surface area (Å²) in [5, 5.41) is 2.32. The molecule has 0 saturated heterocycles. The van der Waals surface area contributed by atoms with Gasteiger partial charge in [0.05, 0.1) is 5.56 Å². The number of ether oxygens (including phenoxy) is 2. The number of alkyl halides is 6. The second kappa shape index (κ2) is 8.81. The van der Waals surface area contributed by atoms with Crippen LogP contribution in [0.2, 0.25) is 0 Å². The van der Waals surface area contributed by atoms with Gasteiger partial charge in [-0.3, -0.25) is 4.79 Å². The molecule has 1 heterocycles. The zero-order chi connectivity index (χ0) is 20.8. The maximum Gasteiger partial charge on any atom is 0.422 e. The second-order valence-corrected chi connectivity index (χ2v) is 5.43. The van der Waals surface area contributed by atoms with E-state index in [1.807, 2.05) is 0 Å². The number of nitrogens with one attached hydrogen (secondary N) is 1. The molecule has 2 aromatic rings. The number of nitrogens with zero attached hydrogens (tertiary/aromatic N) is 1. The smallest absolute Gasteiger partial charge is 0.422 e. The first kappa shape index (κ1) is 21.3. The molecule has 11 heteroatoms. The van der Waals surface area contributed by atoms with Gasteiger partial charge in [0.1, 0.15) is 5.75 Å². The Kier molecular flexibility index (Phi) is 6.71. The van der Waals surface area contributed by atoms with E-state index in [1.165, 1.54) is 30.5 Å². The van der Waals surface area contributed by atoms with E-state index < -0.39 is 42.8 Å². The van der Waals surface area contributed by atoms with Crippen LogP contribution in [0.5, 0.6) is 11.6 Å². The van der Waals surface area contributed by atoms with Crippen molar-refractivity contribution in [2.75, 3.05) is 13.2 Å². The van der Waals surface area contributed by atoms with Crippen LogP contribution < -0.4 is 14.8 Å². The molecule has 28 heavy (non-hydrogen) atoms. The average molecular weight is 408 g/mol. The minimum absolute atomic E-state index is 0.163. The summed E-state index contributed by atoms with van der Waals surface area (Å²) in [4.78, 5) is 15.5.